The molecule has 0 radical (unpaired) electrons. The molecule has 3 rings (SSSR count). The van der Waals surface area contributed by atoms with Gasteiger partial charge in [0.15, 0.2) is 0 Å². The third-order valence-electron chi connectivity index (χ3n) is 5.26. The van der Waals surface area contributed by atoms with E-state index in [0.717, 1.165) is 18.4 Å². The monoisotopic (exact) mass is 478 g/mol. The van der Waals surface area contributed by atoms with E-state index < -0.39 is 20.0 Å². The van der Waals surface area contributed by atoms with Crippen LogP contribution in [0.3, 0.4) is 0 Å². The van der Waals surface area contributed by atoms with Crippen molar-refractivity contribution in [1.82, 2.24) is 14.0 Å². The summed E-state index contributed by atoms with van der Waals surface area (Å²) in [5.41, 5.74) is 0.826. The highest BCUT2D eigenvalue weighted by molar-refractivity contribution is 7.92. The fourth-order valence-corrected chi connectivity index (χ4v) is 5.93. The summed E-state index contributed by atoms with van der Waals surface area (Å²) in [6.45, 7) is 5.46. The third-order valence-corrected chi connectivity index (χ3v) is 8.40. The summed E-state index contributed by atoms with van der Waals surface area (Å²) in [7, 11) is -7.12. The minimum atomic E-state index is -3.61. The Kier molecular flexibility index (Phi) is 8.05. The number of benzene rings is 1. The fraction of sp³-hybridized carbons (Fsp3) is 0.409. The van der Waals surface area contributed by atoms with Gasteiger partial charge in [0.25, 0.3) is 0 Å². The molecule has 10 heteroatoms. The number of anilines is 1. The van der Waals surface area contributed by atoms with Gasteiger partial charge < -0.3 is 4.90 Å². The zero-order valence-corrected chi connectivity index (χ0v) is 20.0. The van der Waals surface area contributed by atoms with Crippen LogP contribution in [0.2, 0.25) is 0 Å². The van der Waals surface area contributed by atoms with Crippen molar-refractivity contribution in [1.29, 1.82) is 0 Å². The Morgan fingerprint density at radius 2 is 1.72 bits per heavy atom. The van der Waals surface area contributed by atoms with Crippen LogP contribution in [0.25, 0.3) is 6.08 Å². The molecule has 1 atom stereocenters. The van der Waals surface area contributed by atoms with Gasteiger partial charge in [-0.1, -0.05) is 43.7 Å². The van der Waals surface area contributed by atoms with Gasteiger partial charge in [-0.25, -0.2) is 26.5 Å². The van der Waals surface area contributed by atoms with Crippen molar-refractivity contribution in [2.24, 2.45) is 0 Å². The van der Waals surface area contributed by atoms with Gasteiger partial charge in [-0.3, -0.25) is 0 Å². The summed E-state index contributed by atoms with van der Waals surface area (Å²) in [5.74, 6) is 0.627. The average Bonchev–Trinajstić information content (AvgIpc) is 2.78. The zero-order chi connectivity index (χ0) is 23.2. The maximum atomic E-state index is 12.6. The molecule has 2 aromatic rings. The number of hydrogen-bond acceptors (Lipinski definition) is 6. The predicted molar refractivity (Wildman–Crippen MR) is 127 cm³/mol. The Balaban J connectivity index is 1.60. The Morgan fingerprint density at radius 3 is 2.31 bits per heavy atom. The topological polar surface area (TPSA) is 99.7 Å². The molecule has 1 aliphatic heterocycles. The summed E-state index contributed by atoms with van der Waals surface area (Å²) in [5, 5.41) is 1.24. The van der Waals surface area contributed by atoms with E-state index in [-0.39, 0.29) is 10.9 Å². The molecule has 0 aliphatic carbocycles. The van der Waals surface area contributed by atoms with E-state index in [0.29, 0.717) is 32.0 Å². The molecule has 0 bridgehead atoms. The standard InChI is InChI=1S/C22H30N4O4S2/c1-3-7-19(2)24-32(29,30)21-10-11-22(23-18-21)25-13-15-26(16-14-25)31(27,28)17-12-20-8-5-4-6-9-20/h4-6,8-12,17-19,24H,3,7,13-16H2,1-2H3/b17-12+. The van der Waals surface area contributed by atoms with Gasteiger partial charge >= 0.3 is 0 Å². The summed E-state index contributed by atoms with van der Waals surface area (Å²) >= 11 is 0. The summed E-state index contributed by atoms with van der Waals surface area (Å²) in [4.78, 5) is 6.39. The maximum absolute atomic E-state index is 12.6. The van der Waals surface area contributed by atoms with Crippen LogP contribution in [0.15, 0.2) is 59.0 Å². The second-order valence-corrected chi connectivity index (χ2v) is 11.3. The largest absolute Gasteiger partial charge is 0.354 e. The van der Waals surface area contributed by atoms with E-state index in [1.54, 1.807) is 12.1 Å². The molecule has 0 saturated carbocycles. The van der Waals surface area contributed by atoms with Gasteiger partial charge in [0.05, 0.1) is 0 Å². The number of rotatable bonds is 9. The van der Waals surface area contributed by atoms with Crippen LogP contribution in [0.5, 0.6) is 0 Å². The molecule has 0 amide bonds. The van der Waals surface area contributed by atoms with E-state index in [1.807, 2.05) is 49.1 Å². The number of piperazine rings is 1. The second kappa shape index (κ2) is 10.6. The summed E-state index contributed by atoms with van der Waals surface area (Å²) < 4.78 is 54.3. The summed E-state index contributed by atoms with van der Waals surface area (Å²) in [6.07, 6.45) is 4.60. The minimum Gasteiger partial charge on any atom is -0.354 e. The molecule has 2 heterocycles. The van der Waals surface area contributed by atoms with Gasteiger partial charge in [0.2, 0.25) is 20.0 Å². The molecule has 1 aromatic carbocycles. The Hall–Kier alpha value is -2.27. The molecule has 8 nitrogen and oxygen atoms in total. The molecule has 1 aliphatic rings. The lowest BCUT2D eigenvalue weighted by Gasteiger charge is -2.34. The van der Waals surface area contributed by atoms with Crippen molar-refractivity contribution in [3.63, 3.8) is 0 Å². The van der Waals surface area contributed by atoms with Crippen LogP contribution >= 0.6 is 0 Å². The van der Waals surface area contributed by atoms with Crippen molar-refractivity contribution in [3.05, 3.63) is 59.6 Å². The SMILES string of the molecule is CCCC(C)NS(=O)(=O)c1ccc(N2CCN(S(=O)(=O)/C=C/c3ccccc3)CC2)nc1. The highest BCUT2D eigenvalue weighted by Gasteiger charge is 2.26. The van der Waals surface area contributed by atoms with Crippen LogP contribution in [0.1, 0.15) is 32.3 Å². The van der Waals surface area contributed by atoms with Gasteiger partial charge in [0.1, 0.15) is 10.7 Å². The quantitative estimate of drug-likeness (QED) is 0.595. The lowest BCUT2D eigenvalue weighted by Crippen LogP contribution is -2.48. The second-order valence-electron chi connectivity index (χ2n) is 7.81. The van der Waals surface area contributed by atoms with Crippen LogP contribution in [0, 0.1) is 0 Å². The molecule has 174 valence electrons. The highest BCUT2D eigenvalue weighted by atomic mass is 32.2. The molecule has 1 aromatic heterocycles. The lowest BCUT2D eigenvalue weighted by molar-refractivity contribution is 0.389. The molecule has 1 N–H and O–H groups in total. The van der Waals surface area contributed by atoms with E-state index >= 15 is 0 Å². The number of sulfonamides is 2. The average molecular weight is 479 g/mol. The van der Waals surface area contributed by atoms with Crippen molar-refractivity contribution in [2.75, 3.05) is 31.1 Å². The van der Waals surface area contributed by atoms with Crippen LogP contribution in [-0.4, -0.2) is 58.3 Å². The molecule has 1 saturated heterocycles. The lowest BCUT2D eigenvalue weighted by atomic mass is 10.2. The first-order valence-corrected chi connectivity index (χ1v) is 13.7. The Bertz CT molecular complexity index is 1110. The normalized spacial score (nSPS) is 17.0. The van der Waals surface area contributed by atoms with Gasteiger partial charge in [-0.05, 0) is 37.1 Å². The van der Waals surface area contributed by atoms with Crippen LogP contribution in [0.4, 0.5) is 5.82 Å². The maximum Gasteiger partial charge on any atom is 0.242 e. The number of nitrogens with one attached hydrogen (secondary N) is 1. The highest BCUT2D eigenvalue weighted by Crippen LogP contribution is 2.19. The first-order chi connectivity index (χ1) is 15.2. The number of hydrogen-bond donors (Lipinski definition) is 1. The number of pyridine rings is 1. The first-order valence-electron chi connectivity index (χ1n) is 10.7. The van der Waals surface area contributed by atoms with Gasteiger partial charge in [0, 0.05) is 43.8 Å². The van der Waals surface area contributed by atoms with E-state index in [2.05, 4.69) is 9.71 Å². The fourth-order valence-electron chi connectivity index (χ4n) is 3.53. The van der Waals surface area contributed by atoms with Gasteiger partial charge in [-0.2, -0.15) is 4.31 Å². The molecular weight excluding hydrogens is 448 g/mol. The van der Waals surface area contributed by atoms with Crippen molar-refractivity contribution < 1.29 is 16.8 Å². The van der Waals surface area contributed by atoms with E-state index in [4.69, 9.17) is 0 Å². The Morgan fingerprint density at radius 1 is 1.03 bits per heavy atom. The third kappa shape index (κ3) is 6.38. The number of nitrogens with zero attached hydrogens (tertiary/aromatic N) is 3. The molecular formula is C22H30N4O4S2. The zero-order valence-electron chi connectivity index (χ0n) is 18.4. The summed E-state index contributed by atoms with van der Waals surface area (Å²) in [6, 6.07) is 12.3. The predicted octanol–water partition coefficient (Wildman–Crippen LogP) is 2.67. The smallest absolute Gasteiger partial charge is 0.242 e. The molecule has 1 unspecified atom stereocenters. The van der Waals surface area contributed by atoms with Crippen molar-refractivity contribution >= 4 is 31.9 Å². The van der Waals surface area contributed by atoms with Gasteiger partial charge in [-0.15, -0.1) is 0 Å². The molecule has 32 heavy (non-hydrogen) atoms. The van der Waals surface area contributed by atoms with E-state index in [9.17, 15) is 16.8 Å². The van der Waals surface area contributed by atoms with Crippen LogP contribution < -0.4 is 9.62 Å². The Labute approximate surface area is 191 Å². The van der Waals surface area contributed by atoms with Crippen LogP contribution in [-0.2, 0) is 20.0 Å². The number of aromatic nitrogens is 1. The van der Waals surface area contributed by atoms with Crippen molar-refractivity contribution in [2.45, 2.75) is 37.6 Å². The van der Waals surface area contributed by atoms with E-state index in [1.165, 1.54) is 22.0 Å². The first kappa shape index (κ1) is 24.4. The molecule has 0 spiro atoms. The van der Waals surface area contributed by atoms with Crippen molar-refractivity contribution in [3.8, 4) is 0 Å². The molecule has 1 fully saturated rings. The minimum absolute atomic E-state index is 0.122.